The molecular weight excluding hydrogens is 268 g/mol. The highest BCUT2D eigenvalue weighted by Gasteiger charge is 2.26. The van der Waals surface area contributed by atoms with Gasteiger partial charge in [-0.2, -0.15) is 0 Å². The number of furan rings is 1. The highest BCUT2D eigenvalue weighted by Crippen LogP contribution is 2.18. The van der Waals surface area contributed by atoms with Gasteiger partial charge in [-0.25, -0.2) is 0 Å². The number of carbonyl (C=O) groups excluding carboxylic acids is 1. The second-order valence-electron chi connectivity index (χ2n) is 4.84. The lowest BCUT2D eigenvalue weighted by Gasteiger charge is -2.15. The number of amides is 1. The highest BCUT2D eigenvalue weighted by atomic mass is 16.5. The SMILES string of the molecule is O=C(/C=C/c1ccco1)N1CC[C@H](Oc2ccncc2)C1. The van der Waals surface area contributed by atoms with Crippen molar-refractivity contribution in [1.82, 2.24) is 9.88 Å². The van der Waals surface area contributed by atoms with Crippen LogP contribution in [0.4, 0.5) is 0 Å². The molecular formula is C16H16N2O3. The molecule has 1 aliphatic heterocycles. The molecule has 5 heteroatoms. The van der Waals surface area contributed by atoms with Crippen LogP contribution in [0.1, 0.15) is 12.2 Å². The molecule has 5 nitrogen and oxygen atoms in total. The lowest BCUT2D eigenvalue weighted by molar-refractivity contribution is -0.125. The van der Waals surface area contributed by atoms with Crippen LogP contribution in [0.3, 0.4) is 0 Å². The molecule has 0 unspecified atom stereocenters. The molecule has 0 spiro atoms. The van der Waals surface area contributed by atoms with E-state index in [9.17, 15) is 4.79 Å². The fraction of sp³-hybridized carbons (Fsp3) is 0.250. The third-order valence-corrected chi connectivity index (χ3v) is 3.34. The molecule has 0 radical (unpaired) electrons. The summed E-state index contributed by atoms with van der Waals surface area (Å²) in [5.74, 6) is 1.44. The zero-order valence-corrected chi connectivity index (χ0v) is 11.5. The zero-order valence-electron chi connectivity index (χ0n) is 11.5. The fourth-order valence-electron chi connectivity index (χ4n) is 2.28. The number of carbonyl (C=O) groups is 1. The number of hydrogen-bond donors (Lipinski definition) is 0. The molecule has 0 saturated carbocycles. The van der Waals surface area contributed by atoms with Gasteiger partial charge in [-0.1, -0.05) is 0 Å². The largest absolute Gasteiger partial charge is 0.488 e. The van der Waals surface area contributed by atoms with E-state index in [-0.39, 0.29) is 12.0 Å². The van der Waals surface area contributed by atoms with Gasteiger partial charge in [0.25, 0.3) is 0 Å². The quantitative estimate of drug-likeness (QED) is 0.809. The van der Waals surface area contributed by atoms with E-state index in [2.05, 4.69) is 4.98 Å². The summed E-state index contributed by atoms with van der Waals surface area (Å²) < 4.78 is 11.0. The summed E-state index contributed by atoms with van der Waals surface area (Å²) in [6, 6.07) is 7.24. The van der Waals surface area contributed by atoms with Crippen molar-refractivity contribution in [3.05, 3.63) is 54.8 Å². The van der Waals surface area contributed by atoms with Crippen molar-refractivity contribution < 1.29 is 13.9 Å². The van der Waals surface area contributed by atoms with E-state index in [1.165, 1.54) is 6.08 Å². The molecule has 3 heterocycles. The van der Waals surface area contributed by atoms with Crippen LogP contribution in [-0.4, -0.2) is 35.0 Å². The van der Waals surface area contributed by atoms with E-state index in [1.807, 2.05) is 18.2 Å². The molecule has 0 bridgehead atoms. The van der Waals surface area contributed by atoms with E-state index in [1.54, 1.807) is 35.7 Å². The molecule has 21 heavy (non-hydrogen) atoms. The molecule has 1 atom stereocenters. The molecule has 108 valence electrons. The summed E-state index contributed by atoms with van der Waals surface area (Å²) >= 11 is 0. The predicted molar refractivity (Wildman–Crippen MR) is 77.6 cm³/mol. The van der Waals surface area contributed by atoms with Gasteiger partial charge >= 0.3 is 0 Å². The Bertz CT molecular complexity index is 608. The Hall–Kier alpha value is -2.56. The van der Waals surface area contributed by atoms with Crippen LogP contribution in [-0.2, 0) is 4.79 Å². The maximum Gasteiger partial charge on any atom is 0.246 e. The Morgan fingerprint density at radius 1 is 1.38 bits per heavy atom. The maximum atomic E-state index is 12.1. The van der Waals surface area contributed by atoms with Gasteiger partial charge in [0.2, 0.25) is 5.91 Å². The first-order chi connectivity index (χ1) is 10.3. The maximum absolute atomic E-state index is 12.1. The molecule has 2 aromatic heterocycles. The second-order valence-corrected chi connectivity index (χ2v) is 4.84. The second kappa shape index (κ2) is 6.26. The molecule has 0 aromatic carbocycles. The van der Waals surface area contributed by atoms with Gasteiger partial charge in [-0.15, -0.1) is 0 Å². The van der Waals surface area contributed by atoms with Crippen molar-refractivity contribution in [3.8, 4) is 5.75 Å². The van der Waals surface area contributed by atoms with E-state index in [0.717, 1.165) is 12.2 Å². The van der Waals surface area contributed by atoms with Crippen molar-refractivity contribution in [2.24, 2.45) is 0 Å². The number of nitrogens with zero attached hydrogens (tertiary/aromatic N) is 2. The first-order valence-electron chi connectivity index (χ1n) is 6.88. The van der Waals surface area contributed by atoms with Gasteiger partial charge in [0.05, 0.1) is 12.8 Å². The number of hydrogen-bond acceptors (Lipinski definition) is 4. The molecule has 1 saturated heterocycles. The Morgan fingerprint density at radius 2 is 2.24 bits per heavy atom. The predicted octanol–water partition coefficient (Wildman–Crippen LogP) is 2.37. The van der Waals surface area contributed by atoms with E-state index < -0.39 is 0 Å². The van der Waals surface area contributed by atoms with Crippen LogP contribution >= 0.6 is 0 Å². The van der Waals surface area contributed by atoms with Gasteiger partial charge in [0.15, 0.2) is 0 Å². The summed E-state index contributed by atoms with van der Waals surface area (Å²) in [7, 11) is 0. The van der Waals surface area contributed by atoms with Crippen LogP contribution in [0, 0.1) is 0 Å². The summed E-state index contributed by atoms with van der Waals surface area (Å²) in [6.07, 6.45) is 9.06. The van der Waals surface area contributed by atoms with E-state index in [4.69, 9.17) is 9.15 Å². The average Bonchev–Trinajstić information content (AvgIpc) is 3.17. The summed E-state index contributed by atoms with van der Waals surface area (Å²) in [5, 5.41) is 0. The standard InChI is InChI=1S/C16H16N2O3/c19-16(4-3-13-2-1-11-20-13)18-10-7-15(12-18)21-14-5-8-17-9-6-14/h1-6,8-9,11,15H,7,10,12H2/b4-3+/t15-/m0/s1. The first kappa shape index (κ1) is 13.4. The van der Waals surface area contributed by atoms with E-state index >= 15 is 0 Å². The lowest BCUT2D eigenvalue weighted by atomic mass is 10.3. The highest BCUT2D eigenvalue weighted by molar-refractivity contribution is 5.91. The zero-order chi connectivity index (χ0) is 14.5. The van der Waals surface area contributed by atoms with Crippen LogP contribution in [0.25, 0.3) is 6.08 Å². The molecule has 0 N–H and O–H groups in total. The Kier molecular flexibility index (Phi) is 4.00. The first-order valence-corrected chi connectivity index (χ1v) is 6.88. The summed E-state index contributed by atoms with van der Waals surface area (Å²) in [6.45, 7) is 1.31. The summed E-state index contributed by atoms with van der Waals surface area (Å²) in [4.78, 5) is 17.8. The van der Waals surface area contributed by atoms with E-state index in [0.29, 0.717) is 18.8 Å². The van der Waals surface area contributed by atoms with Crippen LogP contribution in [0.2, 0.25) is 0 Å². The third-order valence-electron chi connectivity index (χ3n) is 3.34. The lowest BCUT2D eigenvalue weighted by Crippen LogP contribution is -2.29. The molecule has 1 fully saturated rings. The van der Waals surface area contributed by atoms with Crippen LogP contribution in [0.5, 0.6) is 5.75 Å². The van der Waals surface area contributed by atoms with Crippen molar-refractivity contribution in [3.63, 3.8) is 0 Å². The Balaban J connectivity index is 1.53. The Labute approximate surface area is 122 Å². The third kappa shape index (κ3) is 3.51. The number of aromatic nitrogens is 1. The van der Waals surface area contributed by atoms with Gasteiger partial charge < -0.3 is 14.1 Å². The number of ether oxygens (including phenoxy) is 1. The topological polar surface area (TPSA) is 55.6 Å². The minimum atomic E-state index is -0.0211. The van der Waals surface area contributed by atoms with Crippen molar-refractivity contribution >= 4 is 12.0 Å². The summed E-state index contributed by atoms with van der Waals surface area (Å²) in [5.41, 5.74) is 0. The Morgan fingerprint density at radius 3 is 3.00 bits per heavy atom. The number of pyridine rings is 1. The number of rotatable bonds is 4. The average molecular weight is 284 g/mol. The van der Waals surface area contributed by atoms with Gasteiger partial charge in [0, 0.05) is 31.4 Å². The number of likely N-dealkylation sites (tertiary alicyclic amines) is 1. The van der Waals surface area contributed by atoms with Crippen LogP contribution < -0.4 is 4.74 Å². The van der Waals surface area contributed by atoms with Crippen molar-refractivity contribution in [2.75, 3.05) is 13.1 Å². The van der Waals surface area contributed by atoms with Gasteiger partial charge in [-0.3, -0.25) is 9.78 Å². The molecule has 0 aliphatic carbocycles. The minimum Gasteiger partial charge on any atom is -0.488 e. The molecule has 1 aliphatic rings. The molecule has 3 rings (SSSR count). The van der Waals surface area contributed by atoms with Gasteiger partial charge in [-0.05, 0) is 30.3 Å². The molecule has 2 aromatic rings. The monoisotopic (exact) mass is 284 g/mol. The smallest absolute Gasteiger partial charge is 0.246 e. The fourth-order valence-corrected chi connectivity index (χ4v) is 2.28. The normalized spacial score (nSPS) is 18.3. The van der Waals surface area contributed by atoms with Crippen molar-refractivity contribution in [2.45, 2.75) is 12.5 Å². The van der Waals surface area contributed by atoms with Gasteiger partial charge in [0.1, 0.15) is 17.6 Å². The minimum absolute atomic E-state index is 0.0211. The van der Waals surface area contributed by atoms with Crippen molar-refractivity contribution in [1.29, 1.82) is 0 Å². The van der Waals surface area contributed by atoms with Crippen LogP contribution in [0.15, 0.2) is 53.4 Å². The molecule has 1 amide bonds.